The van der Waals surface area contributed by atoms with Gasteiger partial charge < -0.3 is 4.48 Å². The number of imide groups is 1. The third-order valence-electron chi connectivity index (χ3n) is 5.98. The highest BCUT2D eigenvalue weighted by atomic mass is 16.2. The van der Waals surface area contributed by atoms with Crippen molar-refractivity contribution in [1.82, 2.24) is 4.90 Å². The molecule has 0 aliphatic carbocycles. The number of quaternary nitrogens is 1. The summed E-state index contributed by atoms with van der Waals surface area (Å²) < 4.78 is 0.983. The van der Waals surface area contributed by atoms with Gasteiger partial charge in [-0.3, -0.25) is 14.5 Å². The Morgan fingerprint density at radius 2 is 1.30 bits per heavy atom. The number of hydrogen-bond donors (Lipinski definition) is 0. The molecule has 2 amide bonds. The van der Waals surface area contributed by atoms with Crippen molar-refractivity contribution in [3.05, 3.63) is 0 Å². The molecule has 0 unspecified atom stereocenters. The molecule has 1 aliphatic heterocycles. The van der Waals surface area contributed by atoms with Crippen molar-refractivity contribution in [3.8, 4) is 0 Å². The van der Waals surface area contributed by atoms with E-state index in [1.165, 1.54) is 75.7 Å². The number of unbranched alkanes of at least 4 members (excludes halogenated alkanes) is 9. The number of likely N-dealkylation sites (tertiary alicyclic amines) is 1. The maximum atomic E-state index is 12.3. The van der Waals surface area contributed by atoms with E-state index in [2.05, 4.69) is 21.0 Å². The van der Waals surface area contributed by atoms with Gasteiger partial charge >= 0.3 is 0 Å². The van der Waals surface area contributed by atoms with Crippen molar-refractivity contribution in [2.45, 2.75) is 97.8 Å². The third-order valence-corrected chi connectivity index (χ3v) is 5.98. The van der Waals surface area contributed by atoms with Gasteiger partial charge in [0.15, 0.2) is 0 Å². The molecule has 27 heavy (non-hydrogen) atoms. The second-order valence-electron chi connectivity index (χ2n) is 9.83. The second-order valence-corrected chi connectivity index (χ2v) is 9.83. The first-order chi connectivity index (χ1) is 12.7. The van der Waals surface area contributed by atoms with Crippen LogP contribution in [-0.4, -0.2) is 54.9 Å². The molecule has 0 spiro atoms. The lowest BCUT2D eigenvalue weighted by Crippen LogP contribution is -2.43. The average molecular weight is 382 g/mol. The Bertz CT molecular complexity index is 457. The van der Waals surface area contributed by atoms with Crippen LogP contribution in [0.1, 0.15) is 97.8 Å². The third kappa shape index (κ3) is 9.23. The summed E-state index contributed by atoms with van der Waals surface area (Å²) in [6.07, 6.45) is 15.0. The zero-order valence-corrected chi connectivity index (χ0v) is 18.8. The summed E-state index contributed by atoms with van der Waals surface area (Å²) in [5.41, 5.74) is -0.503. The normalized spacial score (nSPS) is 17.1. The molecule has 0 atom stereocenters. The first kappa shape index (κ1) is 24.1. The van der Waals surface area contributed by atoms with Gasteiger partial charge in [-0.2, -0.15) is 0 Å². The van der Waals surface area contributed by atoms with Crippen molar-refractivity contribution < 1.29 is 14.1 Å². The van der Waals surface area contributed by atoms with Crippen LogP contribution in [0.25, 0.3) is 0 Å². The highest BCUT2D eigenvalue weighted by molar-refractivity contribution is 6.05. The van der Waals surface area contributed by atoms with Gasteiger partial charge in [0.2, 0.25) is 11.8 Å². The summed E-state index contributed by atoms with van der Waals surface area (Å²) in [4.78, 5) is 25.8. The van der Waals surface area contributed by atoms with Crippen LogP contribution in [0.2, 0.25) is 0 Å². The van der Waals surface area contributed by atoms with E-state index in [1.54, 1.807) is 0 Å². The summed E-state index contributed by atoms with van der Waals surface area (Å²) >= 11 is 0. The second kappa shape index (κ2) is 11.8. The number of hydrogen-bond acceptors (Lipinski definition) is 2. The average Bonchev–Trinajstić information content (AvgIpc) is 2.78. The predicted molar refractivity (Wildman–Crippen MR) is 113 cm³/mol. The van der Waals surface area contributed by atoms with Crippen molar-refractivity contribution in [3.63, 3.8) is 0 Å². The van der Waals surface area contributed by atoms with Gasteiger partial charge in [0.05, 0.1) is 32.6 Å². The molecule has 1 fully saturated rings. The van der Waals surface area contributed by atoms with Crippen molar-refractivity contribution in [2.75, 3.05) is 33.7 Å². The first-order valence-corrected chi connectivity index (χ1v) is 11.4. The van der Waals surface area contributed by atoms with Crippen LogP contribution in [0, 0.1) is 5.41 Å². The van der Waals surface area contributed by atoms with E-state index < -0.39 is 5.41 Å². The maximum Gasteiger partial charge on any atom is 0.235 e. The molecule has 4 heteroatoms. The molecule has 0 N–H and O–H groups in total. The van der Waals surface area contributed by atoms with E-state index in [0.29, 0.717) is 13.0 Å². The molecule has 1 heterocycles. The van der Waals surface area contributed by atoms with E-state index in [9.17, 15) is 9.59 Å². The molecule has 0 aromatic heterocycles. The highest BCUT2D eigenvalue weighted by Crippen LogP contribution is 2.31. The zero-order chi connectivity index (χ0) is 20.3. The van der Waals surface area contributed by atoms with E-state index in [4.69, 9.17) is 0 Å². The van der Waals surface area contributed by atoms with Gasteiger partial charge in [0.25, 0.3) is 0 Å². The lowest BCUT2D eigenvalue weighted by molar-refractivity contribution is -0.890. The minimum atomic E-state index is -0.503. The van der Waals surface area contributed by atoms with Crippen LogP contribution in [0.15, 0.2) is 0 Å². The van der Waals surface area contributed by atoms with Gasteiger partial charge in [0, 0.05) is 19.4 Å². The Hall–Kier alpha value is -0.900. The molecular formula is C23H45N2O2+. The molecule has 0 bridgehead atoms. The minimum Gasteiger partial charge on any atom is -0.328 e. The molecule has 1 saturated heterocycles. The maximum absolute atomic E-state index is 12.3. The van der Waals surface area contributed by atoms with E-state index in [1.807, 2.05) is 13.8 Å². The molecule has 4 nitrogen and oxygen atoms in total. The lowest BCUT2D eigenvalue weighted by Gasteiger charge is -2.30. The molecule has 1 rings (SSSR count). The largest absolute Gasteiger partial charge is 0.328 e. The molecular weight excluding hydrogens is 336 g/mol. The summed E-state index contributed by atoms with van der Waals surface area (Å²) in [6.45, 7) is 8.81. The Morgan fingerprint density at radius 1 is 0.815 bits per heavy atom. The molecule has 158 valence electrons. The van der Waals surface area contributed by atoms with Gasteiger partial charge in [-0.15, -0.1) is 0 Å². The predicted octanol–water partition coefficient (Wildman–Crippen LogP) is 5.16. The van der Waals surface area contributed by atoms with Crippen LogP contribution < -0.4 is 0 Å². The Kier molecular flexibility index (Phi) is 10.6. The fraction of sp³-hybridized carbons (Fsp3) is 0.913. The molecule has 0 radical (unpaired) electrons. The van der Waals surface area contributed by atoms with Gasteiger partial charge in [-0.25, -0.2) is 0 Å². The zero-order valence-electron chi connectivity index (χ0n) is 18.8. The topological polar surface area (TPSA) is 37.4 Å². The lowest BCUT2D eigenvalue weighted by atomic mass is 9.92. The molecule has 0 saturated carbocycles. The van der Waals surface area contributed by atoms with E-state index >= 15 is 0 Å². The standard InChI is InChI=1S/C23H45N2O2/c1-6-7-8-9-10-11-12-13-14-15-18-25(4,5)19-16-17-24-21(26)20-23(2,3)22(24)27/h6-20H2,1-5H3/q+1. The monoisotopic (exact) mass is 381 g/mol. The van der Waals surface area contributed by atoms with Crippen molar-refractivity contribution in [1.29, 1.82) is 0 Å². The Balaban J connectivity index is 2.07. The first-order valence-electron chi connectivity index (χ1n) is 11.4. The summed E-state index contributed by atoms with van der Waals surface area (Å²) in [6, 6.07) is 0. The highest BCUT2D eigenvalue weighted by Gasteiger charge is 2.44. The van der Waals surface area contributed by atoms with Gasteiger partial charge in [0.1, 0.15) is 0 Å². The van der Waals surface area contributed by atoms with Crippen molar-refractivity contribution >= 4 is 11.8 Å². The van der Waals surface area contributed by atoms with Crippen molar-refractivity contribution in [2.24, 2.45) is 5.41 Å². The fourth-order valence-corrected chi connectivity index (χ4v) is 4.05. The smallest absolute Gasteiger partial charge is 0.235 e. The molecule has 1 aliphatic rings. The number of amides is 2. The minimum absolute atomic E-state index is 0.00463. The van der Waals surface area contributed by atoms with E-state index in [0.717, 1.165) is 17.4 Å². The molecule has 0 aromatic carbocycles. The Labute approximate surface area is 168 Å². The van der Waals surface area contributed by atoms with Gasteiger partial charge in [-0.05, 0) is 12.8 Å². The fourth-order valence-electron chi connectivity index (χ4n) is 4.05. The Morgan fingerprint density at radius 3 is 1.78 bits per heavy atom. The summed E-state index contributed by atoms with van der Waals surface area (Å²) in [5, 5.41) is 0. The van der Waals surface area contributed by atoms with Crippen LogP contribution >= 0.6 is 0 Å². The summed E-state index contributed by atoms with van der Waals surface area (Å²) in [7, 11) is 4.54. The van der Waals surface area contributed by atoms with Crippen LogP contribution in [0.5, 0.6) is 0 Å². The van der Waals surface area contributed by atoms with Crippen LogP contribution in [0.3, 0.4) is 0 Å². The van der Waals surface area contributed by atoms with Gasteiger partial charge in [-0.1, -0.05) is 72.1 Å². The quantitative estimate of drug-likeness (QED) is 0.223. The summed E-state index contributed by atoms with van der Waals surface area (Å²) in [5.74, 6) is 0.0116. The van der Waals surface area contributed by atoms with E-state index in [-0.39, 0.29) is 11.8 Å². The number of carbonyl (C=O) groups is 2. The number of nitrogens with zero attached hydrogens (tertiary/aromatic N) is 2. The van der Waals surface area contributed by atoms with Crippen LogP contribution in [-0.2, 0) is 9.59 Å². The molecule has 0 aromatic rings. The SMILES string of the molecule is CCCCCCCCCCCC[N+](C)(C)CCCN1C(=O)CC(C)(C)C1=O. The number of carbonyl (C=O) groups excluding carboxylic acids is 2. The van der Waals surface area contributed by atoms with Crippen LogP contribution in [0.4, 0.5) is 0 Å². The number of rotatable bonds is 15.